The quantitative estimate of drug-likeness (QED) is 0.719. The van der Waals surface area contributed by atoms with Crippen molar-refractivity contribution in [2.45, 2.75) is 58.4 Å². The molecule has 90 valence electrons. The topological polar surface area (TPSA) is 26.0 Å². The standard InChI is InChI=1S/C15H25N/c1-4-6-7-12-15(3,16)14-10-8-13(5-2)9-11-14/h8-11H,4-7,12,16H2,1-3H3. The second-order valence-corrected chi connectivity index (χ2v) is 4.93. The van der Waals surface area contributed by atoms with Crippen LogP contribution in [0.2, 0.25) is 0 Å². The molecular formula is C15H25N. The van der Waals surface area contributed by atoms with Crippen LogP contribution in [0, 0.1) is 0 Å². The highest BCUT2D eigenvalue weighted by Crippen LogP contribution is 2.24. The van der Waals surface area contributed by atoms with Gasteiger partial charge in [0.25, 0.3) is 0 Å². The molecule has 1 aromatic rings. The molecule has 0 amide bonds. The average molecular weight is 219 g/mol. The van der Waals surface area contributed by atoms with Gasteiger partial charge in [-0.25, -0.2) is 0 Å². The number of nitrogens with two attached hydrogens (primary N) is 1. The third-order valence-corrected chi connectivity index (χ3v) is 3.32. The van der Waals surface area contributed by atoms with Crippen LogP contribution in [0.15, 0.2) is 24.3 Å². The lowest BCUT2D eigenvalue weighted by Crippen LogP contribution is -2.32. The van der Waals surface area contributed by atoms with E-state index in [4.69, 9.17) is 5.73 Å². The van der Waals surface area contributed by atoms with E-state index in [9.17, 15) is 0 Å². The van der Waals surface area contributed by atoms with E-state index in [1.54, 1.807) is 0 Å². The Morgan fingerprint density at radius 3 is 2.19 bits per heavy atom. The van der Waals surface area contributed by atoms with Crippen LogP contribution in [0.25, 0.3) is 0 Å². The summed E-state index contributed by atoms with van der Waals surface area (Å²) in [4.78, 5) is 0. The summed E-state index contributed by atoms with van der Waals surface area (Å²) in [6.45, 7) is 6.55. The molecule has 0 aliphatic carbocycles. The Balaban J connectivity index is 2.65. The van der Waals surface area contributed by atoms with Gasteiger partial charge in [0.15, 0.2) is 0 Å². The van der Waals surface area contributed by atoms with Gasteiger partial charge in [0, 0.05) is 5.54 Å². The molecule has 1 nitrogen and oxygen atoms in total. The van der Waals surface area contributed by atoms with Crippen molar-refractivity contribution in [3.05, 3.63) is 35.4 Å². The highest BCUT2D eigenvalue weighted by molar-refractivity contribution is 5.27. The smallest absolute Gasteiger partial charge is 0.0381 e. The molecular weight excluding hydrogens is 194 g/mol. The molecule has 0 bridgehead atoms. The number of benzene rings is 1. The molecule has 0 aliphatic heterocycles. The van der Waals surface area contributed by atoms with Crippen molar-refractivity contribution in [2.75, 3.05) is 0 Å². The normalized spacial score (nSPS) is 14.8. The zero-order chi connectivity index (χ0) is 12.0. The fraction of sp³-hybridized carbons (Fsp3) is 0.600. The summed E-state index contributed by atoms with van der Waals surface area (Å²) in [6.07, 6.45) is 5.92. The second kappa shape index (κ2) is 6.05. The molecule has 16 heavy (non-hydrogen) atoms. The molecule has 0 saturated heterocycles. The number of hydrogen-bond donors (Lipinski definition) is 1. The molecule has 0 aliphatic rings. The van der Waals surface area contributed by atoms with Gasteiger partial charge in [-0.1, -0.05) is 57.4 Å². The van der Waals surface area contributed by atoms with E-state index < -0.39 is 0 Å². The Morgan fingerprint density at radius 2 is 1.69 bits per heavy atom. The van der Waals surface area contributed by atoms with Crippen LogP contribution < -0.4 is 5.73 Å². The van der Waals surface area contributed by atoms with E-state index in [0.29, 0.717) is 0 Å². The Labute approximate surface area is 100 Å². The van der Waals surface area contributed by atoms with Gasteiger partial charge in [0.1, 0.15) is 0 Å². The molecule has 0 aromatic heterocycles. The van der Waals surface area contributed by atoms with Crippen molar-refractivity contribution in [3.63, 3.8) is 0 Å². The van der Waals surface area contributed by atoms with E-state index in [1.807, 2.05) is 0 Å². The summed E-state index contributed by atoms with van der Waals surface area (Å²) in [5.74, 6) is 0. The van der Waals surface area contributed by atoms with Crippen LogP contribution in [0.1, 0.15) is 57.6 Å². The molecule has 0 saturated carbocycles. The van der Waals surface area contributed by atoms with Crippen LogP contribution >= 0.6 is 0 Å². The van der Waals surface area contributed by atoms with Gasteiger partial charge in [-0.2, -0.15) is 0 Å². The summed E-state index contributed by atoms with van der Waals surface area (Å²) in [7, 11) is 0. The second-order valence-electron chi connectivity index (χ2n) is 4.93. The lowest BCUT2D eigenvalue weighted by Gasteiger charge is -2.25. The molecule has 1 heteroatoms. The van der Waals surface area contributed by atoms with Crippen molar-refractivity contribution >= 4 is 0 Å². The largest absolute Gasteiger partial charge is 0.322 e. The zero-order valence-electron chi connectivity index (χ0n) is 10.9. The maximum Gasteiger partial charge on any atom is 0.0381 e. The first-order chi connectivity index (χ1) is 7.60. The van der Waals surface area contributed by atoms with Gasteiger partial charge in [-0.05, 0) is 30.9 Å². The Kier molecular flexibility index (Phi) is 5.01. The van der Waals surface area contributed by atoms with E-state index in [-0.39, 0.29) is 5.54 Å². The van der Waals surface area contributed by atoms with Gasteiger partial charge < -0.3 is 5.73 Å². The van der Waals surface area contributed by atoms with Crippen molar-refractivity contribution in [3.8, 4) is 0 Å². The molecule has 0 spiro atoms. The Hall–Kier alpha value is -0.820. The van der Waals surface area contributed by atoms with Gasteiger partial charge in [0.2, 0.25) is 0 Å². The van der Waals surface area contributed by atoms with Crippen molar-refractivity contribution in [2.24, 2.45) is 5.73 Å². The van der Waals surface area contributed by atoms with Crippen molar-refractivity contribution in [1.29, 1.82) is 0 Å². The first-order valence-corrected chi connectivity index (χ1v) is 6.48. The van der Waals surface area contributed by atoms with Crippen molar-refractivity contribution in [1.82, 2.24) is 0 Å². The van der Waals surface area contributed by atoms with E-state index in [2.05, 4.69) is 45.0 Å². The van der Waals surface area contributed by atoms with Crippen LogP contribution in [0.4, 0.5) is 0 Å². The predicted octanol–water partition coefficient (Wildman–Crippen LogP) is 4.00. The molecule has 1 atom stereocenters. The lowest BCUT2D eigenvalue weighted by molar-refractivity contribution is 0.427. The number of aryl methyl sites for hydroxylation is 1. The maximum absolute atomic E-state index is 6.37. The maximum atomic E-state index is 6.37. The van der Waals surface area contributed by atoms with Gasteiger partial charge in [-0.15, -0.1) is 0 Å². The lowest BCUT2D eigenvalue weighted by atomic mass is 9.87. The van der Waals surface area contributed by atoms with Gasteiger partial charge in [0.05, 0.1) is 0 Å². The summed E-state index contributed by atoms with van der Waals surface area (Å²) < 4.78 is 0. The molecule has 1 aromatic carbocycles. The highest BCUT2D eigenvalue weighted by atomic mass is 14.7. The third-order valence-electron chi connectivity index (χ3n) is 3.32. The highest BCUT2D eigenvalue weighted by Gasteiger charge is 2.19. The molecule has 0 radical (unpaired) electrons. The monoisotopic (exact) mass is 219 g/mol. The van der Waals surface area contributed by atoms with Crippen molar-refractivity contribution < 1.29 is 0 Å². The fourth-order valence-corrected chi connectivity index (χ4v) is 2.01. The third kappa shape index (κ3) is 3.64. The van der Waals surface area contributed by atoms with Crippen LogP contribution in [0.3, 0.4) is 0 Å². The summed E-state index contributed by atoms with van der Waals surface area (Å²) in [5.41, 5.74) is 8.85. The summed E-state index contributed by atoms with van der Waals surface area (Å²) >= 11 is 0. The first-order valence-electron chi connectivity index (χ1n) is 6.48. The molecule has 0 fully saturated rings. The minimum Gasteiger partial charge on any atom is -0.322 e. The number of hydrogen-bond acceptors (Lipinski definition) is 1. The SMILES string of the molecule is CCCCCC(C)(N)c1ccc(CC)cc1. The summed E-state index contributed by atoms with van der Waals surface area (Å²) in [6, 6.07) is 8.76. The van der Waals surface area contributed by atoms with Gasteiger partial charge in [-0.3, -0.25) is 0 Å². The van der Waals surface area contributed by atoms with Crippen LogP contribution in [-0.2, 0) is 12.0 Å². The van der Waals surface area contributed by atoms with Gasteiger partial charge >= 0.3 is 0 Å². The van der Waals surface area contributed by atoms with E-state index >= 15 is 0 Å². The minimum absolute atomic E-state index is 0.165. The van der Waals surface area contributed by atoms with E-state index in [0.717, 1.165) is 12.8 Å². The number of rotatable bonds is 6. The summed E-state index contributed by atoms with van der Waals surface area (Å²) in [5, 5.41) is 0. The minimum atomic E-state index is -0.165. The van der Waals surface area contributed by atoms with Crippen LogP contribution in [0.5, 0.6) is 0 Å². The Bertz CT molecular complexity index is 298. The Morgan fingerprint density at radius 1 is 1.06 bits per heavy atom. The molecule has 1 unspecified atom stereocenters. The fourth-order valence-electron chi connectivity index (χ4n) is 2.01. The molecule has 1 rings (SSSR count). The first kappa shape index (κ1) is 13.2. The zero-order valence-corrected chi connectivity index (χ0v) is 10.9. The average Bonchev–Trinajstić information content (AvgIpc) is 2.29. The predicted molar refractivity (Wildman–Crippen MR) is 71.5 cm³/mol. The number of unbranched alkanes of at least 4 members (excludes halogenated alkanes) is 2. The molecule has 0 heterocycles. The van der Waals surface area contributed by atoms with E-state index in [1.165, 1.54) is 30.4 Å². The van der Waals surface area contributed by atoms with Crippen LogP contribution in [-0.4, -0.2) is 0 Å². The molecule has 2 N–H and O–H groups in total.